The summed E-state index contributed by atoms with van der Waals surface area (Å²) >= 11 is 0. The molecule has 7 nitrogen and oxygen atoms in total. The number of aliphatic carboxylic acids is 1. The van der Waals surface area contributed by atoms with E-state index in [0.29, 0.717) is 0 Å². The minimum absolute atomic E-state index is 2.27. The molecule has 1 rings (SSSR count). The number of hydrogen-bond acceptors (Lipinski definition) is 6. The summed E-state index contributed by atoms with van der Waals surface area (Å²) in [6, 6.07) is 0. The topological polar surface area (TPSA) is 116 Å². The van der Waals surface area contributed by atoms with E-state index < -0.39 is 90.9 Å². The Morgan fingerprint density at radius 2 is 0.949 bits per heavy atom. The number of carbonyl (C=O) groups is 1. The number of rotatable bonds is 10. The van der Waals surface area contributed by atoms with Crippen molar-refractivity contribution in [2.24, 2.45) is 0 Å². The summed E-state index contributed by atoms with van der Waals surface area (Å²) in [5.74, 6) is -60.6. The van der Waals surface area contributed by atoms with Gasteiger partial charge in [-0.1, -0.05) is 0 Å². The summed E-state index contributed by atoms with van der Waals surface area (Å²) in [7, 11) is 0. The molecule has 39 heavy (non-hydrogen) atoms. The van der Waals surface area contributed by atoms with Crippen molar-refractivity contribution in [1.82, 2.24) is 0 Å². The average molecular weight is 626 g/mol. The minimum Gasteiger partial charge on any atom is -0.479 e. The van der Waals surface area contributed by atoms with Crippen molar-refractivity contribution in [3.63, 3.8) is 0 Å². The quantitative estimate of drug-likeness (QED) is 0.276. The second-order valence-electron chi connectivity index (χ2n) is 7.69. The summed E-state index contributed by atoms with van der Waals surface area (Å²) in [5, 5.41) is 36.8. The largest absolute Gasteiger partial charge is 0.479 e. The third-order valence-electron chi connectivity index (χ3n) is 5.03. The van der Waals surface area contributed by atoms with E-state index in [2.05, 4.69) is 9.47 Å². The second-order valence-corrected chi connectivity index (χ2v) is 7.69. The Labute approximate surface area is 201 Å². The fourth-order valence-corrected chi connectivity index (χ4v) is 2.66. The van der Waals surface area contributed by atoms with E-state index in [0.717, 1.165) is 0 Å². The number of aliphatic hydroxyl groups is 3. The zero-order valence-corrected chi connectivity index (χ0v) is 17.5. The first-order valence-electron chi connectivity index (χ1n) is 9.14. The first-order chi connectivity index (χ1) is 16.9. The Hall–Kier alpha value is -1.92. The van der Waals surface area contributed by atoms with Crippen LogP contribution in [0.3, 0.4) is 0 Å². The lowest BCUT2D eigenvalue weighted by Gasteiger charge is -2.43. The lowest BCUT2D eigenvalue weighted by atomic mass is 9.89. The summed E-state index contributed by atoms with van der Waals surface area (Å²) in [6.45, 7) is -3.51. The van der Waals surface area contributed by atoms with Crippen LogP contribution in [0, 0.1) is 0 Å². The molecule has 4 N–H and O–H groups in total. The standard InChI is InChI=1S/C15H11F17O7/c16-8(17,1-38-7-4(35)2(33)3(34)5(39-7)6(36)37)9(18,19)10(20,21)11(22,23)12(24,25)13(26,27)14(28,29)15(30,31)32/h2-5,7,33-35H,1H2,(H,36,37). The maximum atomic E-state index is 13.8. The molecule has 0 spiro atoms. The second kappa shape index (κ2) is 9.87. The Balaban J connectivity index is 3.41. The zero-order chi connectivity index (χ0) is 31.6. The predicted molar refractivity (Wildman–Crippen MR) is 81.0 cm³/mol. The fraction of sp³-hybridized carbons (Fsp3) is 0.933. The molecule has 1 aliphatic rings. The fourth-order valence-electron chi connectivity index (χ4n) is 2.66. The molecule has 0 bridgehead atoms. The molecule has 0 aliphatic carbocycles. The molecule has 24 heteroatoms. The van der Waals surface area contributed by atoms with Gasteiger partial charge in [0.2, 0.25) is 0 Å². The van der Waals surface area contributed by atoms with E-state index in [1.54, 1.807) is 0 Å². The van der Waals surface area contributed by atoms with Crippen molar-refractivity contribution in [1.29, 1.82) is 0 Å². The van der Waals surface area contributed by atoms with Gasteiger partial charge in [0.25, 0.3) is 0 Å². The smallest absolute Gasteiger partial charge is 0.460 e. The van der Waals surface area contributed by atoms with Crippen LogP contribution in [0.4, 0.5) is 74.6 Å². The van der Waals surface area contributed by atoms with E-state index in [1.165, 1.54) is 0 Å². The van der Waals surface area contributed by atoms with Gasteiger partial charge in [-0.2, -0.15) is 74.6 Å². The molecule has 0 radical (unpaired) electrons. The number of aliphatic hydroxyl groups excluding tert-OH is 3. The molecule has 0 amide bonds. The van der Waals surface area contributed by atoms with Crippen molar-refractivity contribution in [3.8, 4) is 0 Å². The van der Waals surface area contributed by atoms with Crippen LogP contribution in [0.2, 0.25) is 0 Å². The molecule has 232 valence electrons. The molecular formula is C15H11F17O7. The molecule has 1 fully saturated rings. The molecule has 5 unspecified atom stereocenters. The van der Waals surface area contributed by atoms with Crippen molar-refractivity contribution >= 4 is 5.97 Å². The summed E-state index contributed by atoms with van der Waals surface area (Å²) in [6.07, 6.45) is -22.0. The van der Waals surface area contributed by atoms with E-state index >= 15 is 0 Å². The van der Waals surface area contributed by atoms with Crippen LogP contribution in [0.1, 0.15) is 0 Å². The summed E-state index contributed by atoms with van der Waals surface area (Å²) in [4.78, 5) is 10.8. The van der Waals surface area contributed by atoms with E-state index in [-0.39, 0.29) is 0 Å². The van der Waals surface area contributed by atoms with Gasteiger partial charge < -0.3 is 29.9 Å². The molecule has 1 saturated heterocycles. The van der Waals surface area contributed by atoms with Crippen molar-refractivity contribution in [3.05, 3.63) is 0 Å². The molecule has 5 atom stereocenters. The number of hydrogen-bond donors (Lipinski definition) is 4. The van der Waals surface area contributed by atoms with Crippen LogP contribution in [0.5, 0.6) is 0 Å². The third kappa shape index (κ3) is 5.05. The molecule has 1 heterocycles. The Morgan fingerprint density at radius 1 is 0.590 bits per heavy atom. The highest BCUT2D eigenvalue weighted by molar-refractivity contribution is 5.73. The van der Waals surface area contributed by atoms with Gasteiger partial charge in [0, 0.05) is 0 Å². The van der Waals surface area contributed by atoms with Gasteiger partial charge in [-0.05, 0) is 0 Å². The van der Waals surface area contributed by atoms with Crippen molar-refractivity contribution < 1.29 is 109 Å². The molecule has 0 aromatic carbocycles. The van der Waals surface area contributed by atoms with Crippen LogP contribution >= 0.6 is 0 Å². The average Bonchev–Trinajstić information content (AvgIpc) is 2.75. The van der Waals surface area contributed by atoms with Crippen LogP contribution in [0.25, 0.3) is 0 Å². The number of halogens is 17. The zero-order valence-electron chi connectivity index (χ0n) is 17.5. The van der Waals surface area contributed by atoms with Gasteiger partial charge >= 0.3 is 53.6 Å². The lowest BCUT2D eigenvalue weighted by molar-refractivity contribution is -0.463. The third-order valence-corrected chi connectivity index (χ3v) is 5.03. The molecule has 1 aliphatic heterocycles. The minimum atomic E-state index is -8.82. The predicted octanol–water partition coefficient (Wildman–Crippen LogP) is 2.90. The van der Waals surface area contributed by atoms with Crippen LogP contribution in [-0.4, -0.2) is 111 Å². The maximum Gasteiger partial charge on any atom is 0.460 e. The van der Waals surface area contributed by atoms with Gasteiger partial charge in [-0.25, -0.2) is 4.79 Å². The van der Waals surface area contributed by atoms with Crippen molar-refractivity contribution in [2.45, 2.75) is 78.3 Å². The summed E-state index contributed by atoms with van der Waals surface area (Å²) < 4.78 is 232. The van der Waals surface area contributed by atoms with E-state index in [9.17, 15) is 94.8 Å². The van der Waals surface area contributed by atoms with E-state index in [1.807, 2.05) is 0 Å². The van der Waals surface area contributed by atoms with Gasteiger partial charge in [-0.3, -0.25) is 0 Å². The van der Waals surface area contributed by atoms with Crippen LogP contribution in [0.15, 0.2) is 0 Å². The normalized spacial score (nSPS) is 27.0. The first-order valence-corrected chi connectivity index (χ1v) is 9.14. The number of carboxylic acid groups (broad SMARTS) is 1. The highest BCUT2D eigenvalue weighted by Crippen LogP contribution is 2.63. The SMILES string of the molecule is O=C(O)C1OC(OCC(F)(F)C(F)(F)C(F)(F)C(F)(F)C(F)(F)C(F)(F)C(F)(F)C(F)(F)F)C(O)C(O)C1O. The number of alkyl halides is 17. The van der Waals surface area contributed by atoms with Gasteiger partial charge in [0.15, 0.2) is 12.4 Å². The number of ether oxygens (including phenoxy) is 2. The van der Waals surface area contributed by atoms with Crippen LogP contribution in [-0.2, 0) is 14.3 Å². The highest BCUT2D eigenvalue weighted by atomic mass is 19.4. The number of carboxylic acids is 1. The van der Waals surface area contributed by atoms with Gasteiger partial charge in [-0.15, -0.1) is 0 Å². The van der Waals surface area contributed by atoms with Crippen LogP contribution < -0.4 is 0 Å². The van der Waals surface area contributed by atoms with E-state index in [4.69, 9.17) is 5.11 Å². The molecule has 0 saturated carbocycles. The first kappa shape index (κ1) is 35.1. The Bertz CT molecular complexity index is 905. The summed E-state index contributed by atoms with van der Waals surface area (Å²) in [5.41, 5.74) is 0. The van der Waals surface area contributed by atoms with Gasteiger partial charge in [0.1, 0.15) is 24.9 Å². The Morgan fingerprint density at radius 3 is 1.31 bits per heavy atom. The lowest BCUT2D eigenvalue weighted by Crippen LogP contribution is -2.74. The highest BCUT2D eigenvalue weighted by Gasteiger charge is 2.95. The molecule has 0 aromatic rings. The van der Waals surface area contributed by atoms with Crippen molar-refractivity contribution in [2.75, 3.05) is 6.61 Å². The van der Waals surface area contributed by atoms with Gasteiger partial charge in [0.05, 0.1) is 0 Å². The molecular weight excluding hydrogens is 615 g/mol. The molecule has 0 aromatic heterocycles. The maximum absolute atomic E-state index is 13.8. The Kier molecular flexibility index (Phi) is 8.88. The monoisotopic (exact) mass is 626 g/mol.